The van der Waals surface area contributed by atoms with Gasteiger partial charge in [-0.2, -0.15) is 0 Å². The number of amides is 2. The fraction of sp³-hybridized carbons (Fsp3) is 0.500. The summed E-state index contributed by atoms with van der Waals surface area (Å²) in [5.41, 5.74) is -0.0726. The zero-order chi connectivity index (χ0) is 12.6. The predicted molar refractivity (Wildman–Crippen MR) is 76.2 cm³/mol. The molecule has 1 aromatic heterocycles. The molecule has 4 nitrogen and oxygen atoms in total. The largest absolute Gasteiger partial charge is 0.325 e. The van der Waals surface area contributed by atoms with E-state index in [4.69, 9.17) is 0 Å². The first-order valence-corrected chi connectivity index (χ1v) is 6.66. The Kier molecular flexibility index (Phi) is 3.29. The van der Waals surface area contributed by atoms with Crippen LogP contribution in [0, 0.1) is 3.57 Å². The summed E-state index contributed by atoms with van der Waals surface area (Å²) in [7, 11) is 1.85. The molecule has 1 saturated heterocycles. The highest BCUT2D eigenvalue weighted by atomic mass is 127. The lowest BCUT2D eigenvalue weighted by molar-refractivity contribution is 0.140. The van der Waals surface area contributed by atoms with Crippen molar-refractivity contribution in [3.63, 3.8) is 0 Å². The van der Waals surface area contributed by atoms with E-state index in [1.54, 1.807) is 16.0 Å². The molecule has 0 radical (unpaired) electrons. The number of urea groups is 1. The maximum absolute atomic E-state index is 12.2. The molecule has 5 heteroatoms. The summed E-state index contributed by atoms with van der Waals surface area (Å²) in [6.07, 6.45) is 2.73. The zero-order valence-corrected chi connectivity index (χ0v) is 12.4. The third kappa shape index (κ3) is 2.38. The van der Waals surface area contributed by atoms with Crippen molar-refractivity contribution in [1.29, 1.82) is 0 Å². The van der Waals surface area contributed by atoms with Gasteiger partial charge in [0.2, 0.25) is 0 Å². The standard InChI is InChI=1S/C12H16IN3O/c1-12(2)6-7-16(11(17)15(12)3)10-5-4-9(13)8-14-10/h4-5,8H,6-7H2,1-3H3. The molecule has 1 fully saturated rings. The first-order valence-electron chi connectivity index (χ1n) is 5.59. The molecule has 0 atom stereocenters. The molecule has 2 heterocycles. The third-order valence-corrected chi connectivity index (χ3v) is 4.00. The zero-order valence-electron chi connectivity index (χ0n) is 10.3. The molecule has 1 aliphatic rings. The number of carbonyl (C=O) groups excluding carboxylic acids is 1. The Morgan fingerprint density at radius 1 is 1.41 bits per heavy atom. The fourth-order valence-corrected chi connectivity index (χ4v) is 2.15. The Morgan fingerprint density at radius 2 is 2.12 bits per heavy atom. The van der Waals surface area contributed by atoms with Gasteiger partial charge in [0.05, 0.1) is 0 Å². The minimum absolute atomic E-state index is 0.0231. The van der Waals surface area contributed by atoms with Crippen LogP contribution in [0.1, 0.15) is 20.3 Å². The van der Waals surface area contributed by atoms with E-state index in [1.165, 1.54) is 0 Å². The Bertz CT molecular complexity index is 430. The van der Waals surface area contributed by atoms with Crippen LogP contribution in [-0.2, 0) is 0 Å². The molecule has 0 spiro atoms. The van der Waals surface area contributed by atoms with Crippen LogP contribution in [0.4, 0.5) is 10.6 Å². The first-order chi connectivity index (χ1) is 7.92. The quantitative estimate of drug-likeness (QED) is 0.734. The van der Waals surface area contributed by atoms with Crippen molar-refractivity contribution in [2.75, 3.05) is 18.5 Å². The molecular weight excluding hydrogens is 329 g/mol. The molecule has 0 bridgehead atoms. The van der Waals surface area contributed by atoms with Gasteiger partial charge >= 0.3 is 6.03 Å². The summed E-state index contributed by atoms with van der Waals surface area (Å²) in [6, 6.07) is 3.89. The lowest BCUT2D eigenvalue weighted by Gasteiger charge is -2.44. The van der Waals surface area contributed by atoms with Gasteiger partial charge in [-0.05, 0) is 55.0 Å². The van der Waals surface area contributed by atoms with Crippen LogP contribution in [-0.4, -0.2) is 35.0 Å². The number of rotatable bonds is 1. The fourth-order valence-electron chi connectivity index (χ4n) is 1.83. The van der Waals surface area contributed by atoms with Crippen LogP contribution in [0.2, 0.25) is 0 Å². The van der Waals surface area contributed by atoms with Crippen LogP contribution in [0.25, 0.3) is 0 Å². The summed E-state index contributed by atoms with van der Waals surface area (Å²) < 4.78 is 1.07. The smallest absolute Gasteiger partial charge is 0.322 e. The second kappa shape index (κ2) is 4.44. The van der Waals surface area contributed by atoms with Crippen LogP contribution in [0.3, 0.4) is 0 Å². The van der Waals surface area contributed by atoms with E-state index in [0.717, 1.165) is 22.4 Å². The normalized spacial score (nSPS) is 19.6. The minimum Gasteiger partial charge on any atom is -0.322 e. The van der Waals surface area contributed by atoms with Crippen LogP contribution in [0.5, 0.6) is 0 Å². The summed E-state index contributed by atoms with van der Waals surface area (Å²) >= 11 is 2.21. The van der Waals surface area contributed by atoms with E-state index in [-0.39, 0.29) is 11.6 Å². The Morgan fingerprint density at radius 3 is 2.71 bits per heavy atom. The topological polar surface area (TPSA) is 36.4 Å². The Balaban J connectivity index is 2.24. The molecule has 92 valence electrons. The second-order valence-electron chi connectivity index (χ2n) is 4.89. The van der Waals surface area contributed by atoms with Gasteiger partial charge in [-0.3, -0.25) is 4.90 Å². The molecule has 0 unspecified atom stereocenters. The third-order valence-electron chi connectivity index (χ3n) is 3.36. The maximum atomic E-state index is 12.2. The van der Waals surface area contributed by atoms with Crippen molar-refractivity contribution >= 4 is 34.4 Å². The van der Waals surface area contributed by atoms with Gasteiger partial charge in [-0.15, -0.1) is 0 Å². The van der Waals surface area contributed by atoms with Gasteiger partial charge in [0, 0.05) is 28.9 Å². The average Bonchev–Trinajstić information content (AvgIpc) is 2.28. The van der Waals surface area contributed by atoms with Gasteiger partial charge < -0.3 is 4.90 Å². The number of carbonyl (C=O) groups is 1. The molecular formula is C12H16IN3O. The van der Waals surface area contributed by atoms with Crippen LogP contribution >= 0.6 is 22.6 Å². The molecule has 0 aromatic carbocycles. The SMILES string of the molecule is CN1C(=O)N(c2ccc(I)cn2)CCC1(C)C. The molecule has 0 saturated carbocycles. The summed E-state index contributed by atoms with van der Waals surface area (Å²) in [6.45, 7) is 4.90. The lowest BCUT2D eigenvalue weighted by atomic mass is 9.96. The van der Waals surface area contributed by atoms with Crippen LogP contribution < -0.4 is 4.90 Å². The number of aromatic nitrogens is 1. The van der Waals surface area contributed by atoms with Crippen molar-refractivity contribution in [2.45, 2.75) is 25.8 Å². The van der Waals surface area contributed by atoms with Gasteiger partial charge in [-0.1, -0.05) is 0 Å². The second-order valence-corrected chi connectivity index (χ2v) is 6.14. The van der Waals surface area contributed by atoms with Crippen molar-refractivity contribution in [3.8, 4) is 0 Å². The maximum Gasteiger partial charge on any atom is 0.325 e. The van der Waals surface area contributed by atoms with Gasteiger partial charge in [-0.25, -0.2) is 9.78 Å². The molecule has 17 heavy (non-hydrogen) atoms. The van der Waals surface area contributed by atoms with Crippen LogP contribution in [0.15, 0.2) is 18.3 Å². The van der Waals surface area contributed by atoms with E-state index in [1.807, 2.05) is 19.2 Å². The Labute approximate surface area is 115 Å². The van der Waals surface area contributed by atoms with E-state index >= 15 is 0 Å². The number of halogens is 1. The van der Waals surface area contributed by atoms with Crippen molar-refractivity contribution < 1.29 is 4.79 Å². The van der Waals surface area contributed by atoms with Gasteiger partial charge in [0.1, 0.15) is 5.82 Å². The molecule has 2 amide bonds. The first kappa shape index (κ1) is 12.6. The molecule has 0 aliphatic carbocycles. The van der Waals surface area contributed by atoms with E-state index in [2.05, 4.69) is 41.4 Å². The number of pyridine rings is 1. The van der Waals surface area contributed by atoms with E-state index < -0.39 is 0 Å². The highest BCUT2D eigenvalue weighted by Crippen LogP contribution is 2.27. The summed E-state index contributed by atoms with van der Waals surface area (Å²) in [4.78, 5) is 20.1. The minimum atomic E-state index is -0.0726. The molecule has 2 rings (SSSR count). The number of hydrogen-bond acceptors (Lipinski definition) is 2. The monoisotopic (exact) mass is 345 g/mol. The lowest BCUT2D eigenvalue weighted by Crippen LogP contribution is -2.57. The number of nitrogens with zero attached hydrogens (tertiary/aromatic N) is 3. The number of hydrogen-bond donors (Lipinski definition) is 0. The molecule has 1 aliphatic heterocycles. The average molecular weight is 345 g/mol. The highest BCUT2D eigenvalue weighted by molar-refractivity contribution is 14.1. The van der Waals surface area contributed by atoms with Gasteiger partial charge in [0.15, 0.2) is 0 Å². The molecule has 1 aromatic rings. The van der Waals surface area contributed by atoms with E-state index in [0.29, 0.717) is 0 Å². The number of anilines is 1. The predicted octanol–water partition coefficient (Wildman–Crippen LogP) is 2.73. The van der Waals surface area contributed by atoms with E-state index in [9.17, 15) is 4.79 Å². The Hall–Kier alpha value is -0.850. The van der Waals surface area contributed by atoms with Crippen molar-refractivity contribution in [3.05, 3.63) is 21.9 Å². The summed E-state index contributed by atoms with van der Waals surface area (Å²) in [5, 5.41) is 0. The molecule has 0 N–H and O–H groups in total. The highest BCUT2D eigenvalue weighted by Gasteiger charge is 2.37. The van der Waals surface area contributed by atoms with Crippen molar-refractivity contribution in [1.82, 2.24) is 9.88 Å². The van der Waals surface area contributed by atoms with Gasteiger partial charge in [0.25, 0.3) is 0 Å². The van der Waals surface area contributed by atoms with Crippen molar-refractivity contribution in [2.24, 2.45) is 0 Å². The summed E-state index contributed by atoms with van der Waals surface area (Å²) in [5.74, 6) is 0.734.